The lowest BCUT2D eigenvalue weighted by molar-refractivity contribution is 0.0690. The minimum absolute atomic E-state index is 0.184. The quantitative estimate of drug-likeness (QED) is 0.375. The third-order valence-corrected chi connectivity index (χ3v) is 3.10. The van der Waals surface area contributed by atoms with Crippen LogP contribution in [0.4, 0.5) is 0 Å². The van der Waals surface area contributed by atoms with Gasteiger partial charge in [-0.2, -0.15) is 0 Å². The zero-order valence-corrected chi connectivity index (χ0v) is 10.7. The molecule has 0 amide bonds. The molecule has 0 aliphatic rings. The lowest BCUT2D eigenvalue weighted by Gasteiger charge is -2.08. The van der Waals surface area contributed by atoms with Crippen molar-refractivity contribution in [2.75, 3.05) is 5.75 Å². The third kappa shape index (κ3) is 3.46. The van der Waals surface area contributed by atoms with Gasteiger partial charge in [-0.15, -0.1) is 24.1 Å². The summed E-state index contributed by atoms with van der Waals surface area (Å²) < 4.78 is 0. The molecular weight excluding hydrogens is 236 g/mol. The van der Waals surface area contributed by atoms with Crippen LogP contribution in [0.5, 0.6) is 0 Å². The maximum absolute atomic E-state index is 11.1. The predicted octanol–water partition coefficient (Wildman–Crippen LogP) is 2.16. The van der Waals surface area contributed by atoms with Crippen LogP contribution in [-0.2, 0) is 6.42 Å². The van der Waals surface area contributed by atoms with Gasteiger partial charge in [0, 0.05) is 18.6 Å². The Labute approximate surface area is 105 Å². The first kappa shape index (κ1) is 13.5. The first-order valence-corrected chi connectivity index (χ1v) is 6.25. The molecule has 0 saturated carbocycles. The lowest BCUT2D eigenvalue weighted by atomic mass is 10.2. The Hall–Kier alpha value is -1.54. The number of hydrogen-bond donors (Lipinski definition) is 1. The Kier molecular flexibility index (Phi) is 4.98. The highest BCUT2D eigenvalue weighted by Crippen LogP contribution is 2.23. The van der Waals surface area contributed by atoms with E-state index in [1.807, 2.05) is 6.92 Å². The Morgan fingerprint density at radius 3 is 2.76 bits per heavy atom. The molecule has 0 radical (unpaired) electrons. The molecule has 0 fully saturated rings. The van der Waals surface area contributed by atoms with E-state index in [-0.39, 0.29) is 5.56 Å². The molecule has 0 aliphatic heterocycles. The molecule has 0 saturated heterocycles. The SMILES string of the molecule is C#CCCSc1nc(CC)nc(C)c1C(=O)O. The second kappa shape index (κ2) is 6.26. The molecule has 1 heterocycles. The van der Waals surface area contributed by atoms with Gasteiger partial charge in [0.25, 0.3) is 0 Å². The van der Waals surface area contributed by atoms with Gasteiger partial charge in [-0.05, 0) is 6.92 Å². The van der Waals surface area contributed by atoms with Crippen molar-refractivity contribution in [3.05, 3.63) is 17.1 Å². The van der Waals surface area contributed by atoms with E-state index < -0.39 is 5.97 Å². The van der Waals surface area contributed by atoms with Gasteiger partial charge in [0.15, 0.2) is 0 Å². The summed E-state index contributed by atoms with van der Waals surface area (Å²) in [5.41, 5.74) is 0.691. The highest BCUT2D eigenvalue weighted by molar-refractivity contribution is 7.99. The minimum Gasteiger partial charge on any atom is -0.478 e. The van der Waals surface area contributed by atoms with E-state index in [0.717, 1.165) is 0 Å². The lowest BCUT2D eigenvalue weighted by Crippen LogP contribution is -2.09. The number of carboxylic acids is 1. The molecule has 1 aromatic heterocycles. The van der Waals surface area contributed by atoms with Crippen LogP contribution in [-0.4, -0.2) is 26.8 Å². The van der Waals surface area contributed by atoms with E-state index in [2.05, 4.69) is 15.9 Å². The van der Waals surface area contributed by atoms with Crippen LogP contribution in [0.15, 0.2) is 5.03 Å². The molecule has 1 N–H and O–H groups in total. The summed E-state index contributed by atoms with van der Waals surface area (Å²) in [5.74, 6) is 2.85. The summed E-state index contributed by atoms with van der Waals surface area (Å²) in [5, 5.41) is 9.64. The smallest absolute Gasteiger partial charge is 0.340 e. The molecule has 5 heteroatoms. The van der Waals surface area contributed by atoms with Crippen molar-refractivity contribution < 1.29 is 9.90 Å². The second-order valence-electron chi connectivity index (χ2n) is 3.37. The van der Waals surface area contributed by atoms with Crippen molar-refractivity contribution in [1.29, 1.82) is 0 Å². The zero-order valence-electron chi connectivity index (χ0n) is 9.86. The van der Waals surface area contributed by atoms with E-state index >= 15 is 0 Å². The summed E-state index contributed by atoms with van der Waals surface area (Å²) in [6.07, 6.45) is 6.44. The Bertz CT molecular complexity index is 466. The summed E-state index contributed by atoms with van der Waals surface area (Å²) in [6.45, 7) is 3.63. The van der Waals surface area contributed by atoms with Gasteiger partial charge < -0.3 is 5.11 Å². The fourth-order valence-corrected chi connectivity index (χ4v) is 2.28. The van der Waals surface area contributed by atoms with Gasteiger partial charge in [-0.25, -0.2) is 14.8 Å². The highest BCUT2D eigenvalue weighted by Gasteiger charge is 2.17. The van der Waals surface area contributed by atoms with Gasteiger partial charge >= 0.3 is 5.97 Å². The topological polar surface area (TPSA) is 63.1 Å². The van der Waals surface area contributed by atoms with Crippen LogP contribution < -0.4 is 0 Å². The van der Waals surface area contributed by atoms with Gasteiger partial charge in [0.1, 0.15) is 16.4 Å². The number of hydrogen-bond acceptors (Lipinski definition) is 4. The van der Waals surface area contributed by atoms with E-state index in [0.29, 0.717) is 35.1 Å². The fraction of sp³-hybridized carbons (Fsp3) is 0.417. The van der Waals surface area contributed by atoms with Crippen LogP contribution in [0, 0.1) is 19.3 Å². The van der Waals surface area contributed by atoms with Crippen LogP contribution in [0.3, 0.4) is 0 Å². The molecule has 90 valence electrons. The standard InChI is InChI=1S/C12H14N2O2S/c1-4-6-7-17-11-10(12(15)16)8(3)13-9(5-2)14-11/h1H,5-7H2,2-3H3,(H,15,16). The number of thioether (sulfide) groups is 1. The van der Waals surface area contributed by atoms with Crippen molar-refractivity contribution in [3.8, 4) is 12.3 Å². The Morgan fingerprint density at radius 1 is 1.53 bits per heavy atom. The fourth-order valence-electron chi connectivity index (χ4n) is 1.32. The van der Waals surface area contributed by atoms with Crippen molar-refractivity contribution >= 4 is 17.7 Å². The van der Waals surface area contributed by atoms with Crippen LogP contribution in [0.25, 0.3) is 0 Å². The molecular formula is C12H14N2O2S. The highest BCUT2D eigenvalue weighted by atomic mass is 32.2. The monoisotopic (exact) mass is 250 g/mol. The normalized spacial score (nSPS) is 9.94. The third-order valence-electron chi connectivity index (χ3n) is 2.12. The van der Waals surface area contributed by atoms with Gasteiger partial charge in [0.2, 0.25) is 0 Å². The van der Waals surface area contributed by atoms with Gasteiger partial charge in [-0.3, -0.25) is 0 Å². The van der Waals surface area contributed by atoms with Crippen LogP contribution in [0.2, 0.25) is 0 Å². The minimum atomic E-state index is -0.992. The Morgan fingerprint density at radius 2 is 2.24 bits per heavy atom. The number of carboxylic acid groups (broad SMARTS) is 1. The molecule has 1 aromatic rings. The summed E-state index contributed by atoms with van der Waals surface area (Å²) in [7, 11) is 0. The van der Waals surface area contributed by atoms with E-state index in [1.54, 1.807) is 6.92 Å². The largest absolute Gasteiger partial charge is 0.478 e. The number of terminal acetylenes is 1. The summed E-state index contributed by atoms with van der Waals surface area (Å²) in [6, 6.07) is 0. The summed E-state index contributed by atoms with van der Waals surface area (Å²) >= 11 is 1.37. The van der Waals surface area contributed by atoms with Gasteiger partial charge in [0.05, 0.1) is 5.69 Å². The molecule has 0 spiro atoms. The van der Waals surface area contributed by atoms with Gasteiger partial charge in [-0.1, -0.05) is 6.92 Å². The van der Waals surface area contributed by atoms with E-state index in [9.17, 15) is 4.79 Å². The second-order valence-corrected chi connectivity index (χ2v) is 4.45. The number of carbonyl (C=O) groups is 1. The molecule has 4 nitrogen and oxygen atoms in total. The predicted molar refractivity (Wildman–Crippen MR) is 67.3 cm³/mol. The number of aromatic nitrogens is 2. The van der Waals surface area contributed by atoms with E-state index in [4.69, 9.17) is 11.5 Å². The van der Waals surface area contributed by atoms with Crippen LogP contribution >= 0.6 is 11.8 Å². The first-order chi connectivity index (χ1) is 8.10. The van der Waals surface area contributed by atoms with Crippen molar-refractivity contribution in [2.45, 2.75) is 31.7 Å². The average Bonchev–Trinajstić information content (AvgIpc) is 2.28. The van der Waals surface area contributed by atoms with E-state index in [1.165, 1.54) is 11.8 Å². The maximum Gasteiger partial charge on any atom is 0.340 e. The van der Waals surface area contributed by atoms with Crippen molar-refractivity contribution in [1.82, 2.24) is 9.97 Å². The number of rotatable bonds is 5. The maximum atomic E-state index is 11.1. The molecule has 17 heavy (non-hydrogen) atoms. The number of aromatic carboxylic acids is 1. The average molecular weight is 250 g/mol. The van der Waals surface area contributed by atoms with Crippen LogP contribution in [0.1, 0.15) is 35.2 Å². The first-order valence-electron chi connectivity index (χ1n) is 5.27. The number of aryl methyl sites for hydroxylation is 2. The molecule has 0 aromatic carbocycles. The summed E-state index contributed by atoms with van der Waals surface area (Å²) in [4.78, 5) is 19.5. The number of nitrogens with zero attached hydrogens (tertiary/aromatic N) is 2. The zero-order chi connectivity index (χ0) is 12.8. The van der Waals surface area contributed by atoms with Crippen molar-refractivity contribution in [3.63, 3.8) is 0 Å². The molecule has 0 unspecified atom stereocenters. The molecule has 0 bridgehead atoms. The molecule has 0 aliphatic carbocycles. The Balaban J connectivity index is 3.09. The molecule has 0 atom stereocenters. The molecule has 1 rings (SSSR count). The van der Waals surface area contributed by atoms with Crippen molar-refractivity contribution in [2.24, 2.45) is 0 Å².